The first-order valence-corrected chi connectivity index (χ1v) is 6.70. The zero-order valence-corrected chi connectivity index (χ0v) is 9.78. The molecule has 88 valence electrons. The van der Waals surface area contributed by atoms with E-state index >= 15 is 0 Å². The fourth-order valence-electron chi connectivity index (χ4n) is 1.34. The van der Waals surface area contributed by atoms with Gasteiger partial charge in [0.05, 0.1) is 17.4 Å². The zero-order valence-electron chi connectivity index (χ0n) is 8.96. The van der Waals surface area contributed by atoms with Crippen LogP contribution >= 0.6 is 0 Å². The van der Waals surface area contributed by atoms with Gasteiger partial charge in [-0.3, -0.25) is 4.79 Å². The molecule has 1 N–H and O–H groups in total. The van der Waals surface area contributed by atoms with Crippen LogP contribution in [0.3, 0.4) is 0 Å². The fourth-order valence-corrected chi connectivity index (χ4v) is 3.06. The van der Waals surface area contributed by atoms with E-state index in [-0.39, 0.29) is 11.5 Å². The first-order chi connectivity index (χ1) is 7.41. The third-order valence-corrected chi connectivity index (χ3v) is 3.94. The van der Waals surface area contributed by atoms with Crippen molar-refractivity contribution >= 4 is 15.8 Å². The highest BCUT2D eigenvalue weighted by Crippen LogP contribution is 2.09. The highest BCUT2D eigenvalue weighted by atomic mass is 32.2. The number of benzene rings is 1. The maximum absolute atomic E-state index is 11.7. The molecule has 0 aromatic heterocycles. The van der Waals surface area contributed by atoms with Crippen LogP contribution in [0.15, 0.2) is 30.3 Å². The van der Waals surface area contributed by atoms with E-state index in [0.717, 1.165) is 0 Å². The van der Waals surface area contributed by atoms with Crippen molar-refractivity contribution in [2.45, 2.75) is 12.7 Å². The lowest BCUT2D eigenvalue weighted by molar-refractivity contribution is -0.140. The van der Waals surface area contributed by atoms with Gasteiger partial charge in [-0.1, -0.05) is 37.3 Å². The molecule has 1 atom stereocenters. The molecule has 0 aliphatic heterocycles. The Kier molecular flexibility index (Phi) is 4.06. The maximum Gasteiger partial charge on any atom is 0.307 e. The largest absolute Gasteiger partial charge is 0.481 e. The first kappa shape index (κ1) is 12.7. The Morgan fingerprint density at radius 3 is 2.38 bits per heavy atom. The van der Waals surface area contributed by atoms with Gasteiger partial charge < -0.3 is 5.11 Å². The van der Waals surface area contributed by atoms with Crippen LogP contribution in [0.2, 0.25) is 0 Å². The van der Waals surface area contributed by atoms with Crippen LogP contribution in [-0.2, 0) is 20.4 Å². The van der Waals surface area contributed by atoms with Gasteiger partial charge in [0.2, 0.25) is 0 Å². The number of carboxylic acids is 1. The van der Waals surface area contributed by atoms with Gasteiger partial charge in [0.1, 0.15) is 0 Å². The van der Waals surface area contributed by atoms with Crippen molar-refractivity contribution < 1.29 is 18.3 Å². The van der Waals surface area contributed by atoms with E-state index in [2.05, 4.69) is 0 Å². The van der Waals surface area contributed by atoms with Gasteiger partial charge in [0.15, 0.2) is 9.84 Å². The smallest absolute Gasteiger partial charge is 0.307 e. The molecule has 0 aliphatic rings. The lowest BCUT2D eigenvalue weighted by Gasteiger charge is -2.07. The molecule has 1 aromatic carbocycles. The molecule has 0 spiro atoms. The van der Waals surface area contributed by atoms with Gasteiger partial charge in [0, 0.05) is 0 Å². The molecule has 1 aromatic rings. The molecule has 16 heavy (non-hydrogen) atoms. The Hall–Kier alpha value is -1.36. The molecule has 5 heteroatoms. The van der Waals surface area contributed by atoms with Crippen LogP contribution in [-0.4, -0.2) is 25.2 Å². The summed E-state index contributed by atoms with van der Waals surface area (Å²) < 4.78 is 23.3. The van der Waals surface area contributed by atoms with Crippen molar-refractivity contribution in [1.82, 2.24) is 0 Å². The standard InChI is InChI=1S/C11H14O4S/c1-9(11(12)13)7-16(14,15)8-10-5-3-2-4-6-10/h2-6,9H,7-8H2,1H3,(H,12,13)/t9-/m0/s1. The number of hydrogen-bond acceptors (Lipinski definition) is 3. The van der Waals surface area contributed by atoms with Crippen LogP contribution in [0.1, 0.15) is 12.5 Å². The summed E-state index contributed by atoms with van der Waals surface area (Å²) in [6, 6.07) is 8.74. The molecule has 0 amide bonds. The van der Waals surface area contributed by atoms with E-state index in [9.17, 15) is 13.2 Å². The van der Waals surface area contributed by atoms with Crippen LogP contribution < -0.4 is 0 Å². The Labute approximate surface area is 94.8 Å². The molecular formula is C11H14O4S. The predicted octanol–water partition coefficient (Wildman–Crippen LogP) is 1.32. The summed E-state index contributed by atoms with van der Waals surface area (Å²) in [5.41, 5.74) is 0.681. The van der Waals surface area contributed by atoms with E-state index in [1.54, 1.807) is 30.3 Å². The second-order valence-electron chi connectivity index (χ2n) is 3.78. The van der Waals surface area contributed by atoms with Crippen molar-refractivity contribution in [3.8, 4) is 0 Å². The van der Waals surface area contributed by atoms with Crippen LogP contribution in [0.25, 0.3) is 0 Å². The average Bonchev–Trinajstić information content (AvgIpc) is 2.17. The summed E-state index contributed by atoms with van der Waals surface area (Å²) in [5.74, 6) is -2.38. The van der Waals surface area contributed by atoms with Crippen molar-refractivity contribution in [2.24, 2.45) is 5.92 Å². The van der Waals surface area contributed by atoms with Crippen LogP contribution in [0, 0.1) is 5.92 Å². The molecule has 1 rings (SSSR count). The summed E-state index contributed by atoms with van der Waals surface area (Å²) in [4.78, 5) is 10.6. The number of carbonyl (C=O) groups is 1. The third kappa shape index (κ3) is 4.02. The second-order valence-corrected chi connectivity index (χ2v) is 5.89. The average molecular weight is 242 g/mol. The molecule has 0 saturated heterocycles. The first-order valence-electron chi connectivity index (χ1n) is 4.88. The molecule has 0 heterocycles. The minimum absolute atomic E-state index is 0.106. The summed E-state index contributed by atoms with van der Waals surface area (Å²) in [6.45, 7) is 1.39. The van der Waals surface area contributed by atoms with Gasteiger partial charge in [-0.05, 0) is 5.56 Å². The Morgan fingerprint density at radius 1 is 1.31 bits per heavy atom. The zero-order chi connectivity index (χ0) is 12.2. The number of rotatable bonds is 5. The highest BCUT2D eigenvalue weighted by molar-refractivity contribution is 7.90. The monoisotopic (exact) mass is 242 g/mol. The van der Waals surface area contributed by atoms with E-state index in [1.165, 1.54) is 6.92 Å². The van der Waals surface area contributed by atoms with Crippen molar-refractivity contribution in [2.75, 3.05) is 5.75 Å². The van der Waals surface area contributed by atoms with Gasteiger partial charge in [-0.15, -0.1) is 0 Å². The molecular weight excluding hydrogens is 228 g/mol. The highest BCUT2D eigenvalue weighted by Gasteiger charge is 2.21. The minimum atomic E-state index is -3.36. The second kappa shape index (κ2) is 5.12. The van der Waals surface area contributed by atoms with Crippen molar-refractivity contribution in [3.63, 3.8) is 0 Å². The Bertz CT molecular complexity index is 450. The molecule has 0 fully saturated rings. The normalized spacial score (nSPS) is 13.3. The number of carboxylic acid groups (broad SMARTS) is 1. The molecule has 0 aliphatic carbocycles. The Morgan fingerprint density at radius 2 is 1.88 bits per heavy atom. The summed E-state index contributed by atoms with van der Waals surface area (Å²) in [5, 5.41) is 8.65. The minimum Gasteiger partial charge on any atom is -0.481 e. The van der Waals surface area contributed by atoms with Crippen molar-refractivity contribution in [3.05, 3.63) is 35.9 Å². The van der Waals surface area contributed by atoms with E-state index < -0.39 is 21.7 Å². The summed E-state index contributed by atoms with van der Waals surface area (Å²) in [7, 11) is -3.36. The lowest BCUT2D eigenvalue weighted by Crippen LogP contribution is -2.22. The van der Waals surface area contributed by atoms with Crippen molar-refractivity contribution in [1.29, 1.82) is 0 Å². The van der Waals surface area contributed by atoms with E-state index in [0.29, 0.717) is 5.56 Å². The summed E-state index contributed by atoms with van der Waals surface area (Å²) >= 11 is 0. The van der Waals surface area contributed by atoms with Crippen LogP contribution in [0.5, 0.6) is 0 Å². The fraction of sp³-hybridized carbons (Fsp3) is 0.364. The van der Waals surface area contributed by atoms with Gasteiger partial charge >= 0.3 is 5.97 Å². The SMILES string of the molecule is C[C@@H](CS(=O)(=O)Cc1ccccc1)C(=O)O. The summed E-state index contributed by atoms with van der Waals surface area (Å²) in [6.07, 6.45) is 0. The lowest BCUT2D eigenvalue weighted by atomic mass is 10.2. The quantitative estimate of drug-likeness (QED) is 0.845. The van der Waals surface area contributed by atoms with E-state index in [4.69, 9.17) is 5.11 Å². The molecule has 0 saturated carbocycles. The topological polar surface area (TPSA) is 71.4 Å². The van der Waals surface area contributed by atoms with Gasteiger partial charge in [0.25, 0.3) is 0 Å². The van der Waals surface area contributed by atoms with E-state index in [1.807, 2.05) is 0 Å². The van der Waals surface area contributed by atoms with Crippen LogP contribution in [0.4, 0.5) is 0 Å². The predicted molar refractivity (Wildman–Crippen MR) is 60.7 cm³/mol. The number of aliphatic carboxylic acids is 1. The van der Waals surface area contributed by atoms with Gasteiger partial charge in [-0.2, -0.15) is 0 Å². The van der Waals surface area contributed by atoms with Gasteiger partial charge in [-0.25, -0.2) is 8.42 Å². The maximum atomic E-state index is 11.7. The molecule has 0 radical (unpaired) electrons. The number of hydrogen-bond donors (Lipinski definition) is 1. The molecule has 0 unspecified atom stereocenters. The number of sulfone groups is 1. The molecule has 4 nitrogen and oxygen atoms in total. The third-order valence-electron chi connectivity index (χ3n) is 2.15. The Balaban J connectivity index is 2.70. The molecule has 0 bridgehead atoms.